The molecule has 5 nitrogen and oxygen atoms in total. The second kappa shape index (κ2) is 5.26. The van der Waals surface area contributed by atoms with Gasteiger partial charge in [0, 0.05) is 26.2 Å². The number of rotatable bonds is 1. The molecule has 1 fully saturated rings. The molecule has 96 valence electrons. The maximum absolute atomic E-state index is 11.8. The largest absolute Gasteiger partial charge is 0.444 e. The summed E-state index contributed by atoms with van der Waals surface area (Å²) in [4.78, 5) is 15.2. The van der Waals surface area contributed by atoms with Gasteiger partial charge in [-0.05, 0) is 33.6 Å². The minimum Gasteiger partial charge on any atom is -0.444 e. The highest BCUT2D eigenvalue weighted by atomic mass is 16.6. The third kappa shape index (κ3) is 4.14. The van der Waals surface area contributed by atoms with E-state index in [2.05, 4.69) is 6.19 Å². The smallest absolute Gasteiger partial charge is 0.410 e. The van der Waals surface area contributed by atoms with E-state index >= 15 is 0 Å². The van der Waals surface area contributed by atoms with Gasteiger partial charge in [0.1, 0.15) is 5.60 Å². The molecule has 1 heterocycles. The SMILES string of the molecule is CN(C#N)C1CCN(C(=O)OC(C)(C)C)CC1. The summed E-state index contributed by atoms with van der Waals surface area (Å²) in [5.41, 5.74) is -0.447. The van der Waals surface area contributed by atoms with Gasteiger partial charge in [0.05, 0.1) is 0 Å². The molecule has 0 aliphatic carbocycles. The van der Waals surface area contributed by atoms with Crippen LogP contribution in [0.5, 0.6) is 0 Å². The summed E-state index contributed by atoms with van der Waals surface area (Å²) >= 11 is 0. The van der Waals surface area contributed by atoms with E-state index < -0.39 is 5.60 Å². The van der Waals surface area contributed by atoms with Crippen LogP contribution in [-0.4, -0.2) is 47.7 Å². The normalized spacial score (nSPS) is 17.5. The minimum absolute atomic E-state index is 0.249. The average molecular weight is 239 g/mol. The zero-order valence-electron chi connectivity index (χ0n) is 11.1. The lowest BCUT2D eigenvalue weighted by atomic mass is 10.0. The minimum atomic E-state index is -0.447. The Morgan fingerprint density at radius 3 is 2.35 bits per heavy atom. The van der Waals surface area contributed by atoms with E-state index in [0.29, 0.717) is 13.1 Å². The summed E-state index contributed by atoms with van der Waals surface area (Å²) in [6.07, 6.45) is 3.51. The molecule has 1 aliphatic rings. The van der Waals surface area contributed by atoms with E-state index in [0.717, 1.165) is 12.8 Å². The molecule has 0 aromatic heterocycles. The van der Waals surface area contributed by atoms with Gasteiger partial charge in [-0.1, -0.05) is 0 Å². The van der Waals surface area contributed by atoms with Gasteiger partial charge in [0.25, 0.3) is 0 Å². The lowest BCUT2D eigenvalue weighted by Gasteiger charge is -2.35. The molecule has 1 amide bonds. The van der Waals surface area contributed by atoms with Crippen LogP contribution >= 0.6 is 0 Å². The molecule has 0 atom stereocenters. The van der Waals surface area contributed by atoms with Crippen molar-refractivity contribution in [3.05, 3.63) is 0 Å². The Balaban J connectivity index is 2.42. The van der Waals surface area contributed by atoms with Crippen LogP contribution in [0, 0.1) is 11.5 Å². The number of nitrogens with zero attached hydrogens (tertiary/aromatic N) is 3. The maximum atomic E-state index is 11.8. The molecule has 0 spiro atoms. The van der Waals surface area contributed by atoms with E-state index in [1.54, 1.807) is 16.8 Å². The number of carbonyl (C=O) groups excluding carboxylic acids is 1. The van der Waals surface area contributed by atoms with Crippen LogP contribution in [0.15, 0.2) is 0 Å². The fraction of sp³-hybridized carbons (Fsp3) is 0.833. The van der Waals surface area contributed by atoms with Crippen molar-refractivity contribution in [2.24, 2.45) is 0 Å². The molecule has 0 bridgehead atoms. The predicted octanol–water partition coefficient (Wildman–Crippen LogP) is 1.80. The number of ether oxygens (including phenoxy) is 1. The van der Waals surface area contributed by atoms with Crippen molar-refractivity contribution in [1.29, 1.82) is 5.26 Å². The van der Waals surface area contributed by atoms with Crippen molar-refractivity contribution in [2.45, 2.75) is 45.3 Å². The average Bonchev–Trinajstić information content (AvgIpc) is 2.26. The zero-order chi connectivity index (χ0) is 13.1. The molecule has 1 aliphatic heterocycles. The van der Waals surface area contributed by atoms with E-state index in [1.807, 2.05) is 20.8 Å². The number of carbonyl (C=O) groups is 1. The number of piperidine rings is 1. The Kier molecular flexibility index (Phi) is 4.22. The zero-order valence-corrected chi connectivity index (χ0v) is 11.1. The summed E-state index contributed by atoms with van der Waals surface area (Å²) in [5, 5.41) is 8.79. The monoisotopic (exact) mass is 239 g/mol. The molecule has 0 aromatic rings. The number of hydrogen-bond donors (Lipinski definition) is 0. The molecule has 0 unspecified atom stereocenters. The molecule has 0 saturated carbocycles. The highest BCUT2D eigenvalue weighted by molar-refractivity contribution is 5.68. The van der Waals surface area contributed by atoms with Crippen molar-refractivity contribution < 1.29 is 9.53 Å². The molecule has 5 heteroatoms. The lowest BCUT2D eigenvalue weighted by Crippen LogP contribution is -2.46. The van der Waals surface area contributed by atoms with Gasteiger partial charge < -0.3 is 14.5 Å². The quantitative estimate of drug-likeness (QED) is 0.517. The van der Waals surface area contributed by atoms with Crippen LogP contribution in [0.25, 0.3) is 0 Å². The van der Waals surface area contributed by atoms with E-state index in [1.165, 1.54) is 0 Å². The number of amides is 1. The topological polar surface area (TPSA) is 56.6 Å². The van der Waals surface area contributed by atoms with Crippen molar-refractivity contribution in [1.82, 2.24) is 9.80 Å². The highest BCUT2D eigenvalue weighted by Gasteiger charge is 2.28. The Morgan fingerprint density at radius 1 is 1.41 bits per heavy atom. The van der Waals surface area contributed by atoms with Crippen LogP contribution < -0.4 is 0 Å². The summed E-state index contributed by atoms with van der Waals surface area (Å²) in [6.45, 7) is 6.90. The van der Waals surface area contributed by atoms with Gasteiger partial charge in [-0.15, -0.1) is 0 Å². The van der Waals surface area contributed by atoms with Gasteiger partial charge in [-0.3, -0.25) is 0 Å². The maximum Gasteiger partial charge on any atom is 0.410 e. The third-order valence-electron chi connectivity index (χ3n) is 2.82. The van der Waals surface area contributed by atoms with E-state index in [-0.39, 0.29) is 12.1 Å². The number of likely N-dealkylation sites (tertiary alicyclic amines) is 1. The lowest BCUT2D eigenvalue weighted by molar-refractivity contribution is 0.0176. The van der Waals surface area contributed by atoms with Gasteiger partial charge in [0.15, 0.2) is 6.19 Å². The Bertz CT molecular complexity index is 309. The van der Waals surface area contributed by atoms with Crippen LogP contribution in [0.4, 0.5) is 4.79 Å². The molecular formula is C12H21N3O2. The Hall–Kier alpha value is -1.44. The number of hydrogen-bond acceptors (Lipinski definition) is 4. The standard InChI is InChI=1S/C12H21N3O2/c1-12(2,3)17-11(16)15-7-5-10(6-8-15)14(4)9-13/h10H,5-8H2,1-4H3. The molecule has 0 radical (unpaired) electrons. The van der Waals surface area contributed by atoms with E-state index in [9.17, 15) is 4.79 Å². The van der Waals surface area contributed by atoms with Crippen LogP contribution in [0.3, 0.4) is 0 Å². The first-order chi connectivity index (χ1) is 7.83. The van der Waals surface area contributed by atoms with Crippen LogP contribution in [0.1, 0.15) is 33.6 Å². The van der Waals surface area contributed by atoms with Gasteiger partial charge in [0.2, 0.25) is 0 Å². The molecule has 17 heavy (non-hydrogen) atoms. The first-order valence-electron chi connectivity index (χ1n) is 5.94. The predicted molar refractivity (Wildman–Crippen MR) is 64.2 cm³/mol. The van der Waals surface area contributed by atoms with Gasteiger partial charge >= 0.3 is 6.09 Å². The van der Waals surface area contributed by atoms with E-state index in [4.69, 9.17) is 10.00 Å². The van der Waals surface area contributed by atoms with Crippen molar-refractivity contribution >= 4 is 6.09 Å². The van der Waals surface area contributed by atoms with Crippen LogP contribution in [0.2, 0.25) is 0 Å². The fourth-order valence-electron chi connectivity index (χ4n) is 1.84. The molecule has 0 aromatic carbocycles. The molecule has 0 N–H and O–H groups in total. The first-order valence-corrected chi connectivity index (χ1v) is 5.94. The summed E-state index contributed by atoms with van der Waals surface area (Å²) in [6, 6.07) is 0.249. The van der Waals surface area contributed by atoms with Crippen molar-refractivity contribution in [3.63, 3.8) is 0 Å². The summed E-state index contributed by atoms with van der Waals surface area (Å²) < 4.78 is 5.31. The second-order valence-electron chi connectivity index (χ2n) is 5.41. The Labute approximate surface area is 103 Å². The molecular weight excluding hydrogens is 218 g/mol. The molecule has 1 saturated heterocycles. The first kappa shape index (κ1) is 13.6. The fourth-order valence-corrected chi connectivity index (χ4v) is 1.84. The Morgan fingerprint density at radius 2 is 1.94 bits per heavy atom. The van der Waals surface area contributed by atoms with Crippen molar-refractivity contribution in [3.8, 4) is 6.19 Å². The van der Waals surface area contributed by atoms with Crippen molar-refractivity contribution in [2.75, 3.05) is 20.1 Å². The third-order valence-corrected chi connectivity index (χ3v) is 2.82. The second-order valence-corrected chi connectivity index (χ2v) is 5.41. The van der Waals surface area contributed by atoms with Gasteiger partial charge in [-0.25, -0.2) is 4.79 Å². The van der Waals surface area contributed by atoms with Gasteiger partial charge in [-0.2, -0.15) is 5.26 Å². The highest BCUT2D eigenvalue weighted by Crippen LogP contribution is 2.17. The number of nitriles is 1. The summed E-state index contributed by atoms with van der Waals surface area (Å²) in [5.74, 6) is 0. The summed E-state index contributed by atoms with van der Waals surface area (Å²) in [7, 11) is 1.79. The van der Waals surface area contributed by atoms with Crippen LogP contribution in [-0.2, 0) is 4.74 Å². The molecule has 1 rings (SSSR count).